The van der Waals surface area contributed by atoms with Crippen molar-refractivity contribution in [3.8, 4) is 0 Å². The summed E-state index contributed by atoms with van der Waals surface area (Å²) in [6.45, 7) is 3.61. The topological polar surface area (TPSA) is 123 Å². The molecule has 1 saturated heterocycles. The molecule has 3 N–H and O–H groups in total. The van der Waals surface area contributed by atoms with Gasteiger partial charge in [-0.05, 0) is 37.8 Å². The lowest BCUT2D eigenvalue weighted by Gasteiger charge is -2.20. The molecule has 2 aliphatic rings. The fraction of sp³-hybridized carbons (Fsp3) is 0.478. The molecule has 2 fully saturated rings. The molecule has 4 heterocycles. The van der Waals surface area contributed by atoms with Crippen molar-refractivity contribution < 1.29 is 14.3 Å². The lowest BCUT2D eigenvalue weighted by Crippen LogP contribution is -2.39. The first-order chi connectivity index (χ1) is 16.1. The highest BCUT2D eigenvalue weighted by atomic mass is 16.5. The molecule has 5 rings (SSSR count). The molecular weight excluding hydrogens is 424 g/mol. The maximum Gasteiger partial charge on any atom is 0.293 e. The maximum atomic E-state index is 13.0. The number of hydrogen-bond donors (Lipinski definition) is 3. The van der Waals surface area contributed by atoms with E-state index in [1.807, 2.05) is 18.3 Å². The number of carbonyl (C=O) groups is 1. The Morgan fingerprint density at radius 1 is 1.30 bits per heavy atom. The Bertz CT molecular complexity index is 1200. The van der Waals surface area contributed by atoms with E-state index in [0.717, 1.165) is 23.2 Å². The van der Waals surface area contributed by atoms with Gasteiger partial charge in [-0.1, -0.05) is 0 Å². The molecule has 1 amide bonds. The van der Waals surface area contributed by atoms with Crippen molar-refractivity contribution in [1.29, 1.82) is 0 Å². The van der Waals surface area contributed by atoms with Crippen LogP contribution in [-0.2, 0) is 27.4 Å². The predicted octanol–water partition coefficient (Wildman–Crippen LogP) is 1.35. The average Bonchev–Trinajstić information content (AvgIpc) is 3.34. The van der Waals surface area contributed by atoms with Crippen LogP contribution < -0.4 is 16.2 Å². The van der Waals surface area contributed by atoms with Crippen molar-refractivity contribution >= 4 is 22.6 Å². The van der Waals surface area contributed by atoms with Crippen LogP contribution in [0.25, 0.3) is 10.9 Å². The molecule has 0 bridgehead atoms. The average molecular weight is 453 g/mol. The summed E-state index contributed by atoms with van der Waals surface area (Å²) >= 11 is 0. The largest absolute Gasteiger partial charge is 0.376 e. The zero-order valence-electron chi connectivity index (χ0n) is 18.5. The second-order valence-corrected chi connectivity index (χ2v) is 8.76. The van der Waals surface area contributed by atoms with Gasteiger partial charge in [0.2, 0.25) is 5.91 Å². The monoisotopic (exact) mass is 452 g/mol. The summed E-state index contributed by atoms with van der Waals surface area (Å²) in [7, 11) is 0. The molecule has 3 aromatic rings. The van der Waals surface area contributed by atoms with E-state index in [1.165, 1.54) is 17.4 Å². The Hall–Kier alpha value is -3.24. The van der Waals surface area contributed by atoms with Gasteiger partial charge in [0, 0.05) is 30.1 Å². The van der Waals surface area contributed by atoms with Gasteiger partial charge in [0.25, 0.3) is 5.56 Å². The second-order valence-electron chi connectivity index (χ2n) is 8.76. The third kappa shape index (κ3) is 5.07. The number of H-pyrrole nitrogens is 1. The zero-order valence-corrected chi connectivity index (χ0v) is 18.5. The van der Waals surface area contributed by atoms with Crippen LogP contribution >= 0.6 is 0 Å². The molecular formula is C23H28N6O4. The number of nitrogens with one attached hydrogen (secondary N) is 3. The highest BCUT2D eigenvalue weighted by molar-refractivity contribution is 5.79. The third-order valence-corrected chi connectivity index (χ3v) is 6.11. The van der Waals surface area contributed by atoms with Gasteiger partial charge >= 0.3 is 0 Å². The number of carbonyl (C=O) groups excluding carboxylic acids is 1. The molecule has 0 unspecified atom stereocenters. The van der Waals surface area contributed by atoms with Gasteiger partial charge in [0.15, 0.2) is 5.82 Å². The molecule has 1 aliphatic heterocycles. The summed E-state index contributed by atoms with van der Waals surface area (Å²) < 4.78 is 12.9. The SMILES string of the molecule is Cc1cnc(N[C@H]2COC[C@@H]2OCC2CC2)c(=O)n1CC(=O)NCc1cc2cc[nH]c2cn1. The van der Waals surface area contributed by atoms with E-state index in [1.54, 1.807) is 19.3 Å². The first kappa shape index (κ1) is 21.6. The standard InChI is InChI=1S/C23H28N6O4/c1-14-7-27-22(28-19-12-32-13-20(19)33-11-15-2-3-15)23(31)29(14)10-21(30)26-8-17-6-16-4-5-24-18(16)9-25-17/h4-7,9,15,19-20,24H,2-3,8,10-13H2,1H3,(H,26,30)(H,27,28)/t19-,20-/m0/s1. The molecule has 0 spiro atoms. The number of aromatic amines is 1. The first-order valence-electron chi connectivity index (χ1n) is 11.3. The van der Waals surface area contributed by atoms with E-state index < -0.39 is 0 Å². The number of rotatable bonds is 9. The van der Waals surface area contributed by atoms with Crippen LogP contribution in [0.4, 0.5) is 5.82 Å². The number of nitrogens with zero attached hydrogens (tertiary/aromatic N) is 3. The van der Waals surface area contributed by atoms with Crippen LogP contribution in [0.2, 0.25) is 0 Å². The highest BCUT2D eigenvalue weighted by Crippen LogP contribution is 2.30. The summed E-state index contributed by atoms with van der Waals surface area (Å²) in [6.07, 6.45) is 7.49. The van der Waals surface area contributed by atoms with Crippen LogP contribution in [0.5, 0.6) is 0 Å². The van der Waals surface area contributed by atoms with Crippen LogP contribution in [0.3, 0.4) is 0 Å². The first-order valence-corrected chi connectivity index (χ1v) is 11.3. The summed E-state index contributed by atoms with van der Waals surface area (Å²) in [6, 6.07) is 3.72. The number of aromatic nitrogens is 4. The lowest BCUT2D eigenvalue weighted by atomic mass is 10.2. The van der Waals surface area contributed by atoms with E-state index in [0.29, 0.717) is 24.8 Å². The van der Waals surface area contributed by atoms with E-state index in [4.69, 9.17) is 9.47 Å². The molecule has 174 valence electrons. The molecule has 0 aromatic carbocycles. The van der Waals surface area contributed by atoms with Crippen molar-refractivity contribution in [2.24, 2.45) is 5.92 Å². The molecule has 2 atom stereocenters. The molecule has 1 aliphatic carbocycles. The van der Waals surface area contributed by atoms with Crippen molar-refractivity contribution in [3.05, 3.63) is 52.5 Å². The van der Waals surface area contributed by atoms with Gasteiger partial charge < -0.3 is 25.1 Å². The number of anilines is 1. The molecule has 33 heavy (non-hydrogen) atoms. The molecule has 10 nitrogen and oxygen atoms in total. The van der Waals surface area contributed by atoms with E-state index in [9.17, 15) is 9.59 Å². The Morgan fingerprint density at radius 2 is 2.18 bits per heavy atom. The predicted molar refractivity (Wildman–Crippen MR) is 122 cm³/mol. The van der Waals surface area contributed by atoms with Gasteiger partial charge in [-0.15, -0.1) is 0 Å². The van der Waals surface area contributed by atoms with Gasteiger partial charge in [0.05, 0.1) is 43.2 Å². The fourth-order valence-corrected chi connectivity index (χ4v) is 3.90. The van der Waals surface area contributed by atoms with Crippen molar-refractivity contribution in [1.82, 2.24) is 24.8 Å². The highest BCUT2D eigenvalue weighted by Gasteiger charge is 2.32. The van der Waals surface area contributed by atoms with Gasteiger partial charge in [0.1, 0.15) is 12.6 Å². The van der Waals surface area contributed by atoms with Crippen molar-refractivity contribution in [3.63, 3.8) is 0 Å². The minimum atomic E-state index is -0.343. The van der Waals surface area contributed by atoms with E-state index >= 15 is 0 Å². The Morgan fingerprint density at radius 3 is 3.03 bits per heavy atom. The fourth-order valence-electron chi connectivity index (χ4n) is 3.90. The van der Waals surface area contributed by atoms with Gasteiger partial charge in [-0.25, -0.2) is 4.98 Å². The second kappa shape index (κ2) is 9.32. The summed E-state index contributed by atoms with van der Waals surface area (Å²) in [5, 5.41) is 7.05. The van der Waals surface area contributed by atoms with Crippen molar-refractivity contribution in [2.75, 3.05) is 25.1 Å². The normalized spacial score (nSPS) is 20.3. The van der Waals surface area contributed by atoms with Crippen molar-refractivity contribution in [2.45, 2.75) is 45.0 Å². The lowest BCUT2D eigenvalue weighted by molar-refractivity contribution is -0.121. The number of amides is 1. The molecule has 0 radical (unpaired) electrons. The molecule has 3 aromatic heterocycles. The number of pyridine rings is 1. The zero-order chi connectivity index (χ0) is 22.8. The van der Waals surface area contributed by atoms with Crippen LogP contribution in [0, 0.1) is 12.8 Å². The Labute approximate surface area is 190 Å². The van der Waals surface area contributed by atoms with E-state index in [-0.39, 0.29) is 42.5 Å². The summed E-state index contributed by atoms with van der Waals surface area (Å²) in [4.78, 5) is 37.3. The molecule has 10 heteroatoms. The van der Waals surface area contributed by atoms with Crippen LogP contribution in [0.15, 0.2) is 35.5 Å². The number of hydrogen-bond acceptors (Lipinski definition) is 7. The minimum Gasteiger partial charge on any atom is -0.376 e. The Balaban J connectivity index is 1.21. The number of aryl methyl sites for hydroxylation is 1. The van der Waals surface area contributed by atoms with Gasteiger partial charge in [-0.3, -0.25) is 19.1 Å². The van der Waals surface area contributed by atoms with E-state index in [2.05, 4.69) is 25.6 Å². The quantitative estimate of drug-likeness (QED) is 0.448. The third-order valence-electron chi connectivity index (χ3n) is 6.11. The summed E-state index contributed by atoms with van der Waals surface area (Å²) in [5.74, 6) is 0.575. The summed E-state index contributed by atoms with van der Waals surface area (Å²) in [5.41, 5.74) is 1.95. The Kier molecular flexibility index (Phi) is 6.10. The van der Waals surface area contributed by atoms with Crippen LogP contribution in [-0.4, -0.2) is 57.4 Å². The number of fused-ring (bicyclic) bond motifs is 1. The van der Waals surface area contributed by atoms with Crippen LogP contribution in [0.1, 0.15) is 24.2 Å². The van der Waals surface area contributed by atoms with Gasteiger partial charge in [-0.2, -0.15) is 0 Å². The smallest absolute Gasteiger partial charge is 0.293 e. The molecule has 1 saturated carbocycles. The maximum absolute atomic E-state index is 13.0. The number of ether oxygens (including phenoxy) is 2. The minimum absolute atomic E-state index is 0.100.